The number of hydrogen-bond acceptors (Lipinski definition) is 3. The Kier molecular flexibility index (Phi) is 2.39. The molecule has 4 nitrogen and oxygen atoms in total. The Morgan fingerprint density at radius 2 is 2.06 bits per heavy atom. The topological polar surface area (TPSA) is 57.9 Å². The van der Waals surface area contributed by atoms with Crippen LogP contribution in [0.1, 0.15) is 37.7 Å². The molecule has 1 aliphatic carbocycles. The van der Waals surface area contributed by atoms with Gasteiger partial charge in [-0.05, 0) is 18.3 Å². The van der Waals surface area contributed by atoms with Crippen LogP contribution in [0.4, 0.5) is 5.82 Å². The van der Waals surface area contributed by atoms with Crippen molar-refractivity contribution in [2.75, 3.05) is 18.8 Å². The van der Waals surface area contributed by atoms with Gasteiger partial charge in [0.25, 0.3) is 0 Å². The highest BCUT2D eigenvalue weighted by atomic mass is 15.2. The van der Waals surface area contributed by atoms with Crippen molar-refractivity contribution in [3.05, 3.63) is 11.8 Å². The summed E-state index contributed by atoms with van der Waals surface area (Å²) in [6, 6.07) is 0. The fourth-order valence-corrected chi connectivity index (χ4v) is 3.32. The summed E-state index contributed by atoms with van der Waals surface area (Å²) in [6.07, 6.45) is 9.02. The van der Waals surface area contributed by atoms with E-state index in [0.29, 0.717) is 5.41 Å². The molecular formula is C12H20N4. The van der Waals surface area contributed by atoms with Gasteiger partial charge in [-0.15, -0.1) is 0 Å². The molecule has 2 fully saturated rings. The average molecular weight is 220 g/mol. The Morgan fingerprint density at radius 3 is 2.69 bits per heavy atom. The lowest BCUT2D eigenvalue weighted by Crippen LogP contribution is -2.56. The average Bonchev–Trinajstić information content (AvgIpc) is 2.64. The number of hydrogen-bond donors (Lipinski definition) is 2. The Hall–Kier alpha value is -1.03. The molecule has 0 bridgehead atoms. The zero-order valence-corrected chi connectivity index (χ0v) is 9.71. The molecule has 1 saturated carbocycles. The number of nitrogen functional groups attached to an aromatic ring is 1. The normalized spacial score (nSPS) is 24.5. The van der Waals surface area contributed by atoms with E-state index < -0.39 is 0 Å². The summed E-state index contributed by atoms with van der Waals surface area (Å²) < 4.78 is 0. The minimum Gasteiger partial charge on any atom is -0.384 e. The zero-order chi connectivity index (χ0) is 11.0. The van der Waals surface area contributed by atoms with Crippen molar-refractivity contribution in [3.8, 4) is 0 Å². The number of aromatic amines is 1. The van der Waals surface area contributed by atoms with Gasteiger partial charge in [0.1, 0.15) is 5.82 Å². The molecule has 1 aliphatic heterocycles. The maximum absolute atomic E-state index is 5.79. The van der Waals surface area contributed by atoms with Crippen LogP contribution in [0.5, 0.6) is 0 Å². The number of likely N-dealkylation sites (tertiary alicyclic amines) is 1. The Morgan fingerprint density at radius 1 is 1.31 bits per heavy atom. The van der Waals surface area contributed by atoms with E-state index in [1.54, 1.807) is 0 Å². The molecule has 3 N–H and O–H groups in total. The van der Waals surface area contributed by atoms with Crippen LogP contribution in [-0.2, 0) is 6.54 Å². The first kappa shape index (κ1) is 10.1. The Bertz CT molecular complexity index is 357. The second-order valence-corrected chi connectivity index (χ2v) is 5.51. The first-order chi connectivity index (χ1) is 7.77. The monoisotopic (exact) mass is 220 g/mol. The van der Waals surface area contributed by atoms with Gasteiger partial charge in [-0.3, -0.25) is 10.00 Å². The lowest BCUT2D eigenvalue weighted by Gasteiger charge is -2.52. The predicted octanol–water partition coefficient (Wildman–Crippen LogP) is 1.76. The third-order valence-electron chi connectivity index (χ3n) is 4.18. The number of nitrogens with one attached hydrogen (secondary N) is 1. The van der Waals surface area contributed by atoms with E-state index in [0.717, 1.165) is 17.9 Å². The van der Waals surface area contributed by atoms with Crippen molar-refractivity contribution in [1.29, 1.82) is 0 Å². The highest BCUT2D eigenvalue weighted by molar-refractivity contribution is 5.36. The summed E-state index contributed by atoms with van der Waals surface area (Å²) in [7, 11) is 0. The minimum atomic E-state index is 0.663. The molecule has 3 rings (SSSR count). The maximum Gasteiger partial charge on any atom is 0.123 e. The van der Waals surface area contributed by atoms with E-state index in [9.17, 15) is 0 Å². The summed E-state index contributed by atoms with van der Waals surface area (Å²) in [4.78, 5) is 2.49. The minimum absolute atomic E-state index is 0.663. The summed E-state index contributed by atoms with van der Waals surface area (Å²) in [5, 5.41) is 6.75. The van der Waals surface area contributed by atoms with Gasteiger partial charge in [0, 0.05) is 25.2 Å². The summed E-state index contributed by atoms with van der Waals surface area (Å²) in [6.45, 7) is 3.49. The van der Waals surface area contributed by atoms with Gasteiger partial charge in [0.05, 0.1) is 6.20 Å². The van der Waals surface area contributed by atoms with Crippen LogP contribution >= 0.6 is 0 Å². The SMILES string of the molecule is Nc1[nH]ncc1CN1CC2(CCCCC2)C1. The van der Waals surface area contributed by atoms with Gasteiger partial charge < -0.3 is 5.73 Å². The van der Waals surface area contributed by atoms with Crippen molar-refractivity contribution >= 4 is 5.82 Å². The standard InChI is InChI=1S/C12H20N4/c13-11-10(6-14-15-11)7-16-8-12(9-16)4-2-1-3-5-12/h6H,1-5,7-9H2,(H3,13,14,15). The predicted molar refractivity (Wildman–Crippen MR) is 63.8 cm³/mol. The van der Waals surface area contributed by atoms with E-state index in [2.05, 4.69) is 15.1 Å². The maximum atomic E-state index is 5.79. The first-order valence-electron chi connectivity index (χ1n) is 6.28. The third kappa shape index (κ3) is 1.71. The van der Waals surface area contributed by atoms with Crippen LogP contribution in [0.2, 0.25) is 0 Å². The molecular weight excluding hydrogens is 200 g/mol. The molecule has 1 aromatic heterocycles. The van der Waals surface area contributed by atoms with Crippen molar-refractivity contribution in [2.24, 2.45) is 5.41 Å². The molecule has 0 atom stereocenters. The van der Waals surface area contributed by atoms with Crippen LogP contribution in [0.3, 0.4) is 0 Å². The molecule has 1 spiro atoms. The van der Waals surface area contributed by atoms with Crippen molar-refractivity contribution in [3.63, 3.8) is 0 Å². The number of anilines is 1. The smallest absolute Gasteiger partial charge is 0.123 e. The highest BCUT2D eigenvalue weighted by Gasteiger charge is 2.42. The molecule has 1 aromatic rings. The lowest BCUT2D eigenvalue weighted by molar-refractivity contribution is -0.0331. The van der Waals surface area contributed by atoms with Gasteiger partial charge in [-0.2, -0.15) is 5.10 Å². The Balaban J connectivity index is 1.55. The number of nitrogens with zero attached hydrogens (tertiary/aromatic N) is 2. The summed E-state index contributed by atoms with van der Waals surface area (Å²) in [5.74, 6) is 0.726. The molecule has 0 radical (unpaired) electrons. The van der Waals surface area contributed by atoms with Crippen LogP contribution < -0.4 is 5.73 Å². The van der Waals surface area contributed by atoms with Crippen LogP contribution in [0.15, 0.2) is 6.20 Å². The second-order valence-electron chi connectivity index (χ2n) is 5.51. The summed E-state index contributed by atoms with van der Waals surface area (Å²) in [5.41, 5.74) is 7.60. The van der Waals surface area contributed by atoms with Gasteiger partial charge in [0.15, 0.2) is 0 Å². The molecule has 16 heavy (non-hydrogen) atoms. The molecule has 2 heterocycles. The quantitative estimate of drug-likeness (QED) is 0.798. The van der Waals surface area contributed by atoms with Gasteiger partial charge in [-0.25, -0.2) is 0 Å². The molecule has 2 aliphatic rings. The van der Waals surface area contributed by atoms with E-state index in [1.807, 2.05) is 6.20 Å². The van der Waals surface area contributed by atoms with Crippen molar-refractivity contribution < 1.29 is 0 Å². The van der Waals surface area contributed by atoms with Crippen LogP contribution in [-0.4, -0.2) is 28.2 Å². The van der Waals surface area contributed by atoms with Crippen molar-refractivity contribution in [1.82, 2.24) is 15.1 Å². The lowest BCUT2D eigenvalue weighted by atomic mass is 9.68. The molecule has 0 unspecified atom stereocenters. The van der Waals surface area contributed by atoms with E-state index >= 15 is 0 Å². The first-order valence-corrected chi connectivity index (χ1v) is 6.28. The Labute approximate surface area is 96.2 Å². The van der Waals surface area contributed by atoms with E-state index in [-0.39, 0.29) is 0 Å². The van der Waals surface area contributed by atoms with Crippen molar-refractivity contribution in [2.45, 2.75) is 38.6 Å². The number of nitrogens with two attached hydrogens (primary N) is 1. The van der Waals surface area contributed by atoms with Crippen LogP contribution in [0.25, 0.3) is 0 Å². The molecule has 0 aromatic carbocycles. The van der Waals surface area contributed by atoms with E-state index in [4.69, 9.17) is 5.73 Å². The largest absolute Gasteiger partial charge is 0.384 e. The zero-order valence-electron chi connectivity index (χ0n) is 9.71. The third-order valence-corrected chi connectivity index (χ3v) is 4.18. The highest BCUT2D eigenvalue weighted by Crippen LogP contribution is 2.44. The number of rotatable bonds is 2. The number of aromatic nitrogens is 2. The second kappa shape index (κ2) is 3.77. The van der Waals surface area contributed by atoms with Gasteiger partial charge in [-0.1, -0.05) is 19.3 Å². The van der Waals surface area contributed by atoms with Crippen LogP contribution in [0, 0.1) is 5.41 Å². The van der Waals surface area contributed by atoms with Gasteiger partial charge >= 0.3 is 0 Å². The fourth-order valence-electron chi connectivity index (χ4n) is 3.32. The van der Waals surface area contributed by atoms with Gasteiger partial charge in [0.2, 0.25) is 0 Å². The van der Waals surface area contributed by atoms with E-state index in [1.165, 1.54) is 45.2 Å². The number of H-pyrrole nitrogens is 1. The molecule has 1 saturated heterocycles. The fraction of sp³-hybridized carbons (Fsp3) is 0.750. The summed E-state index contributed by atoms with van der Waals surface area (Å²) >= 11 is 0. The molecule has 0 amide bonds. The molecule has 4 heteroatoms. The molecule has 88 valence electrons.